The van der Waals surface area contributed by atoms with E-state index in [1.165, 1.54) is 12.1 Å². The average Bonchev–Trinajstić information content (AvgIpc) is 2.98. The number of hydrogen-bond acceptors (Lipinski definition) is 5. The normalized spacial score (nSPS) is 25.0. The SMILES string of the molecule is CN1C[C@@H](C(=O)NCc2ncccn2)[C@@H]2COc3ccc(F)cc3[C@@H]21. The van der Waals surface area contributed by atoms with Crippen molar-refractivity contribution in [3.8, 4) is 5.75 Å². The number of benzene rings is 1. The second-order valence-electron chi connectivity index (χ2n) is 6.53. The molecule has 1 saturated heterocycles. The Morgan fingerprint density at radius 1 is 1.40 bits per heavy atom. The van der Waals surface area contributed by atoms with Crippen LogP contribution in [0, 0.1) is 17.7 Å². The van der Waals surface area contributed by atoms with Crippen LogP contribution in [-0.4, -0.2) is 41.0 Å². The Morgan fingerprint density at radius 3 is 3.00 bits per heavy atom. The van der Waals surface area contributed by atoms with Gasteiger partial charge in [0.15, 0.2) is 0 Å². The zero-order chi connectivity index (χ0) is 17.4. The van der Waals surface area contributed by atoms with Crippen LogP contribution in [0.1, 0.15) is 17.4 Å². The predicted octanol–water partition coefficient (Wildman–Crippen LogP) is 1.54. The highest BCUT2D eigenvalue weighted by Crippen LogP contribution is 2.46. The van der Waals surface area contributed by atoms with Crippen molar-refractivity contribution in [2.24, 2.45) is 11.8 Å². The van der Waals surface area contributed by atoms with E-state index in [2.05, 4.69) is 20.2 Å². The Bertz CT molecular complexity index is 786. The van der Waals surface area contributed by atoms with E-state index in [1.54, 1.807) is 24.5 Å². The smallest absolute Gasteiger partial charge is 0.225 e. The molecule has 130 valence electrons. The van der Waals surface area contributed by atoms with Crippen LogP contribution in [0.5, 0.6) is 5.75 Å². The fraction of sp³-hybridized carbons (Fsp3) is 0.389. The molecule has 4 rings (SSSR count). The number of carbonyl (C=O) groups excluding carboxylic acids is 1. The largest absolute Gasteiger partial charge is 0.493 e. The third-order valence-electron chi connectivity index (χ3n) is 4.98. The number of likely N-dealkylation sites (tertiary alicyclic amines) is 1. The number of ether oxygens (including phenoxy) is 1. The van der Waals surface area contributed by atoms with Gasteiger partial charge in [0.05, 0.1) is 19.1 Å². The van der Waals surface area contributed by atoms with Crippen molar-refractivity contribution in [1.29, 1.82) is 0 Å². The number of nitrogens with one attached hydrogen (secondary N) is 1. The lowest BCUT2D eigenvalue weighted by atomic mass is 9.85. The minimum atomic E-state index is -0.287. The number of amides is 1. The lowest BCUT2D eigenvalue weighted by molar-refractivity contribution is -0.126. The van der Waals surface area contributed by atoms with Crippen molar-refractivity contribution >= 4 is 5.91 Å². The Morgan fingerprint density at radius 2 is 2.20 bits per heavy atom. The molecule has 0 radical (unpaired) electrons. The first kappa shape index (κ1) is 16.0. The van der Waals surface area contributed by atoms with Crippen LogP contribution >= 0.6 is 0 Å². The van der Waals surface area contributed by atoms with E-state index in [9.17, 15) is 9.18 Å². The molecule has 2 aliphatic rings. The van der Waals surface area contributed by atoms with E-state index >= 15 is 0 Å². The first-order valence-electron chi connectivity index (χ1n) is 8.29. The van der Waals surface area contributed by atoms with Gasteiger partial charge in [0.2, 0.25) is 5.91 Å². The number of halogens is 1. The molecule has 0 saturated carbocycles. The Hall–Kier alpha value is -2.54. The zero-order valence-corrected chi connectivity index (χ0v) is 13.9. The van der Waals surface area contributed by atoms with Gasteiger partial charge in [-0.2, -0.15) is 0 Å². The summed E-state index contributed by atoms with van der Waals surface area (Å²) in [6, 6.07) is 6.30. The summed E-state index contributed by atoms with van der Waals surface area (Å²) in [5, 5.41) is 2.91. The number of rotatable bonds is 3. The van der Waals surface area contributed by atoms with Crippen LogP contribution < -0.4 is 10.1 Å². The summed E-state index contributed by atoms with van der Waals surface area (Å²) in [7, 11) is 1.96. The number of hydrogen-bond donors (Lipinski definition) is 1. The third kappa shape index (κ3) is 2.95. The maximum absolute atomic E-state index is 13.7. The standard InChI is InChI=1S/C18H19FN4O2/c1-23-9-13(18(24)22-8-16-20-5-2-6-21-16)14-10-25-15-4-3-11(19)7-12(15)17(14)23/h2-7,13-14,17H,8-10H2,1H3,(H,22,24)/t13-,14+,17+/m1/s1. The summed E-state index contributed by atoms with van der Waals surface area (Å²) in [6.45, 7) is 1.35. The van der Waals surface area contributed by atoms with E-state index in [-0.39, 0.29) is 29.6 Å². The molecule has 1 amide bonds. The van der Waals surface area contributed by atoms with E-state index in [4.69, 9.17) is 4.74 Å². The van der Waals surface area contributed by atoms with Crippen molar-refractivity contribution in [1.82, 2.24) is 20.2 Å². The Balaban J connectivity index is 1.50. The number of carbonyl (C=O) groups is 1. The minimum Gasteiger partial charge on any atom is -0.493 e. The molecule has 1 aromatic heterocycles. The van der Waals surface area contributed by atoms with Crippen LogP contribution in [0.4, 0.5) is 4.39 Å². The van der Waals surface area contributed by atoms with Crippen molar-refractivity contribution in [3.63, 3.8) is 0 Å². The van der Waals surface area contributed by atoms with Crippen LogP contribution in [0.3, 0.4) is 0 Å². The number of nitrogens with zero attached hydrogens (tertiary/aromatic N) is 3. The molecule has 1 aromatic carbocycles. The summed E-state index contributed by atoms with van der Waals surface area (Å²) in [5.74, 6) is 0.728. The number of fused-ring (bicyclic) bond motifs is 3. The monoisotopic (exact) mass is 342 g/mol. The summed E-state index contributed by atoms with van der Waals surface area (Å²) >= 11 is 0. The van der Waals surface area contributed by atoms with Crippen molar-refractivity contribution in [2.75, 3.05) is 20.2 Å². The average molecular weight is 342 g/mol. The minimum absolute atomic E-state index is 0.00371. The topological polar surface area (TPSA) is 67.4 Å². The predicted molar refractivity (Wildman–Crippen MR) is 88.1 cm³/mol. The first-order chi connectivity index (χ1) is 12.1. The Labute approximate surface area is 145 Å². The molecule has 1 N–H and O–H groups in total. The fourth-order valence-electron chi connectivity index (χ4n) is 3.85. The molecule has 0 spiro atoms. The first-order valence-corrected chi connectivity index (χ1v) is 8.29. The van der Waals surface area contributed by atoms with Gasteiger partial charge in [0, 0.05) is 36.5 Å². The second kappa shape index (κ2) is 6.40. The fourth-order valence-corrected chi connectivity index (χ4v) is 3.85. The molecule has 7 heteroatoms. The summed E-state index contributed by atoms with van der Waals surface area (Å²) in [5.41, 5.74) is 0.820. The molecule has 6 nitrogen and oxygen atoms in total. The molecule has 0 aliphatic carbocycles. The summed E-state index contributed by atoms with van der Waals surface area (Å²) in [4.78, 5) is 23.0. The van der Waals surface area contributed by atoms with Crippen LogP contribution in [0.25, 0.3) is 0 Å². The highest BCUT2D eigenvalue weighted by molar-refractivity contribution is 5.79. The second-order valence-corrected chi connectivity index (χ2v) is 6.53. The molecule has 0 unspecified atom stereocenters. The lowest BCUT2D eigenvalue weighted by Crippen LogP contribution is -2.38. The van der Waals surface area contributed by atoms with Crippen molar-refractivity contribution in [2.45, 2.75) is 12.6 Å². The highest BCUT2D eigenvalue weighted by atomic mass is 19.1. The summed E-state index contributed by atoms with van der Waals surface area (Å²) < 4.78 is 19.5. The van der Waals surface area contributed by atoms with Gasteiger partial charge in [-0.25, -0.2) is 14.4 Å². The third-order valence-corrected chi connectivity index (χ3v) is 4.98. The van der Waals surface area contributed by atoms with Gasteiger partial charge in [0.1, 0.15) is 17.4 Å². The zero-order valence-electron chi connectivity index (χ0n) is 13.9. The van der Waals surface area contributed by atoms with E-state index in [0.29, 0.717) is 31.3 Å². The van der Waals surface area contributed by atoms with Gasteiger partial charge in [-0.15, -0.1) is 0 Å². The van der Waals surface area contributed by atoms with Gasteiger partial charge >= 0.3 is 0 Å². The number of aromatic nitrogens is 2. The molecule has 2 aromatic rings. The van der Waals surface area contributed by atoms with Gasteiger partial charge in [0.25, 0.3) is 0 Å². The molecule has 0 bridgehead atoms. The van der Waals surface area contributed by atoms with E-state index < -0.39 is 0 Å². The highest BCUT2D eigenvalue weighted by Gasteiger charge is 2.47. The molecular weight excluding hydrogens is 323 g/mol. The maximum atomic E-state index is 13.7. The molecule has 1 fully saturated rings. The van der Waals surface area contributed by atoms with Crippen LogP contribution in [-0.2, 0) is 11.3 Å². The summed E-state index contributed by atoms with van der Waals surface area (Å²) in [6.07, 6.45) is 3.29. The lowest BCUT2D eigenvalue weighted by Gasteiger charge is -2.33. The molecular formula is C18H19FN4O2. The van der Waals surface area contributed by atoms with Crippen LogP contribution in [0.2, 0.25) is 0 Å². The maximum Gasteiger partial charge on any atom is 0.225 e. The van der Waals surface area contributed by atoms with Crippen molar-refractivity contribution in [3.05, 3.63) is 53.9 Å². The van der Waals surface area contributed by atoms with Crippen molar-refractivity contribution < 1.29 is 13.9 Å². The molecule has 3 atom stereocenters. The van der Waals surface area contributed by atoms with Gasteiger partial charge in [-0.1, -0.05) is 0 Å². The molecule has 2 aliphatic heterocycles. The van der Waals surface area contributed by atoms with Gasteiger partial charge in [-0.05, 0) is 31.3 Å². The molecule has 3 heterocycles. The van der Waals surface area contributed by atoms with Crippen LogP contribution in [0.15, 0.2) is 36.7 Å². The van der Waals surface area contributed by atoms with E-state index in [0.717, 1.165) is 5.56 Å². The van der Waals surface area contributed by atoms with E-state index in [1.807, 2.05) is 7.05 Å². The Kier molecular flexibility index (Phi) is 4.09. The molecule has 25 heavy (non-hydrogen) atoms. The van der Waals surface area contributed by atoms with Gasteiger partial charge in [-0.3, -0.25) is 9.69 Å². The quantitative estimate of drug-likeness (QED) is 0.917. The van der Waals surface area contributed by atoms with Gasteiger partial charge < -0.3 is 10.1 Å².